The third kappa shape index (κ3) is 3.28. The van der Waals surface area contributed by atoms with Crippen molar-refractivity contribution in [2.24, 2.45) is 0 Å². The monoisotopic (exact) mass is 191 g/mol. The highest BCUT2D eigenvalue weighted by molar-refractivity contribution is 5.89. The van der Waals surface area contributed by atoms with Gasteiger partial charge in [0.05, 0.1) is 24.3 Å². The summed E-state index contributed by atoms with van der Waals surface area (Å²) in [7, 11) is 1.32. The number of nitrogens with zero attached hydrogens (tertiary/aromatic N) is 1. The summed E-state index contributed by atoms with van der Waals surface area (Å²) in [6, 6.07) is 8.23. The lowest BCUT2D eigenvalue weighted by Crippen LogP contribution is -2.00. The Bertz CT molecular complexity index is 322. The molecule has 0 aliphatic heterocycles. The van der Waals surface area contributed by atoms with Gasteiger partial charge in [0.25, 0.3) is 0 Å². The second-order valence-electron chi connectivity index (χ2n) is 2.18. The lowest BCUT2D eigenvalue weighted by atomic mass is 10.1. The van der Waals surface area contributed by atoms with Gasteiger partial charge in [-0.05, 0) is 24.3 Å². The summed E-state index contributed by atoms with van der Waals surface area (Å²) in [5, 5.41) is 8.46. The van der Waals surface area contributed by atoms with Gasteiger partial charge >= 0.3 is 5.97 Å². The zero-order valence-electron chi connectivity index (χ0n) is 8.57. The minimum atomic E-state index is -0.389. The maximum absolute atomic E-state index is 10.9. The number of rotatable bonds is 1. The van der Waals surface area contributed by atoms with Gasteiger partial charge in [0, 0.05) is 0 Å². The smallest absolute Gasteiger partial charge is 0.337 e. The Morgan fingerprint density at radius 2 is 1.79 bits per heavy atom. The summed E-state index contributed by atoms with van der Waals surface area (Å²) in [5.74, 6) is -0.389. The minimum Gasteiger partial charge on any atom is -0.465 e. The van der Waals surface area contributed by atoms with Crippen LogP contribution in [0.4, 0.5) is 0 Å². The molecule has 0 aliphatic carbocycles. The molecule has 3 nitrogen and oxygen atoms in total. The van der Waals surface area contributed by atoms with E-state index < -0.39 is 0 Å². The van der Waals surface area contributed by atoms with Crippen LogP contribution in [0.25, 0.3) is 0 Å². The summed E-state index contributed by atoms with van der Waals surface area (Å²) in [4.78, 5) is 10.9. The third-order valence-electron chi connectivity index (χ3n) is 1.44. The van der Waals surface area contributed by atoms with Crippen LogP contribution in [-0.4, -0.2) is 13.1 Å². The van der Waals surface area contributed by atoms with Gasteiger partial charge in [-0.2, -0.15) is 5.26 Å². The van der Waals surface area contributed by atoms with Crippen molar-refractivity contribution >= 4 is 5.97 Å². The van der Waals surface area contributed by atoms with Gasteiger partial charge in [-0.1, -0.05) is 13.8 Å². The van der Waals surface area contributed by atoms with Crippen molar-refractivity contribution in [2.45, 2.75) is 13.8 Å². The predicted octanol–water partition coefficient (Wildman–Crippen LogP) is 2.37. The zero-order chi connectivity index (χ0) is 11.0. The fourth-order valence-electron chi connectivity index (χ4n) is 0.799. The largest absolute Gasteiger partial charge is 0.465 e. The number of carbonyl (C=O) groups is 1. The zero-order valence-corrected chi connectivity index (χ0v) is 8.57. The van der Waals surface area contributed by atoms with Crippen molar-refractivity contribution in [3.05, 3.63) is 35.4 Å². The van der Waals surface area contributed by atoms with Gasteiger partial charge in [-0.15, -0.1) is 0 Å². The Kier molecular flexibility index (Phi) is 5.80. The molecule has 0 aliphatic rings. The Morgan fingerprint density at radius 3 is 2.14 bits per heavy atom. The maximum Gasteiger partial charge on any atom is 0.337 e. The van der Waals surface area contributed by atoms with Gasteiger partial charge in [0.15, 0.2) is 0 Å². The van der Waals surface area contributed by atoms with Crippen molar-refractivity contribution in [3.63, 3.8) is 0 Å². The first-order chi connectivity index (χ1) is 6.77. The second-order valence-corrected chi connectivity index (χ2v) is 2.18. The third-order valence-corrected chi connectivity index (χ3v) is 1.44. The van der Waals surface area contributed by atoms with Gasteiger partial charge < -0.3 is 4.74 Å². The number of esters is 1. The number of nitriles is 1. The first kappa shape index (κ1) is 12.2. The molecule has 1 rings (SSSR count). The number of hydrogen-bond donors (Lipinski definition) is 0. The fraction of sp³-hybridized carbons (Fsp3) is 0.273. The lowest BCUT2D eigenvalue weighted by molar-refractivity contribution is 0.0601. The first-order valence-electron chi connectivity index (χ1n) is 4.36. The minimum absolute atomic E-state index is 0.389. The maximum atomic E-state index is 10.9. The number of ether oxygens (including phenoxy) is 1. The molecule has 0 heterocycles. The molecule has 0 amide bonds. The number of methoxy groups -OCH3 is 1. The number of carbonyl (C=O) groups excluding carboxylic acids is 1. The van der Waals surface area contributed by atoms with Crippen LogP contribution in [0.15, 0.2) is 24.3 Å². The molecule has 14 heavy (non-hydrogen) atoms. The quantitative estimate of drug-likeness (QED) is 0.640. The van der Waals surface area contributed by atoms with Gasteiger partial charge in [-0.3, -0.25) is 0 Å². The highest BCUT2D eigenvalue weighted by Gasteiger charge is 2.03. The second kappa shape index (κ2) is 6.67. The van der Waals surface area contributed by atoms with E-state index in [0.717, 1.165) is 0 Å². The molecule has 0 N–H and O–H groups in total. The molecule has 0 atom stereocenters. The van der Waals surface area contributed by atoms with Crippen molar-refractivity contribution in [1.29, 1.82) is 5.26 Å². The van der Waals surface area contributed by atoms with Crippen LogP contribution in [-0.2, 0) is 4.74 Å². The summed E-state index contributed by atoms with van der Waals surface area (Å²) in [6.45, 7) is 4.00. The standard InChI is InChI=1S/C9H7NO2.C2H6/c1-12-9(11)8-4-2-7(6-10)3-5-8;1-2/h2-5H,1H3;1-2H3. The molecule has 0 bridgehead atoms. The van der Waals surface area contributed by atoms with E-state index in [0.29, 0.717) is 11.1 Å². The topological polar surface area (TPSA) is 50.1 Å². The highest BCUT2D eigenvalue weighted by atomic mass is 16.5. The van der Waals surface area contributed by atoms with E-state index in [9.17, 15) is 4.79 Å². The molecular weight excluding hydrogens is 178 g/mol. The highest BCUT2D eigenvalue weighted by Crippen LogP contribution is 2.03. The van der Waals surface area contributed by atoms with E-state index in [-0.39, 0.29) is 5.97 Å². The molecule has 0 fully saturated rings. The molecule has 3 heteroatoms. The van der Waals surface area contributed by atoms with E-state index >= 15 is 0 Å². The van der Waals surface area contributed by atoms with E-state index in [1.54, 1.807) is 24.3 Å². The Hall–Kier alpha value is -1.82. The SMILES string of the molecule is CC.COC(=O)c1ccc(C#N)cc1. The van der Waals surface area contributed by atoms with Crippen molar-refractivity contribution < 1.29 is 9.53 Å². The molecule has 0 radical (unpaired) electrons. The first-order valence-corrected chi connectivity index (χ1v) is 4.36. The summed E-state index contributed by atoms with van der Waals surface area (Å²) in [6.07, 6.45) is 0. The number of benzene rings is 1. The average Bonchev–Trinajstić information content (AvgIpc) is 2.31. The van der Waals surface area contributed by atoms with Gasteiger partial charge in [0.1, 0.15) is 0 Å². The number of hydrogen-bond acceptors (Lipinski definition) is 3. The van der Waals surface area contributed by atoms with Crippen LogP contribution in [0.3, 0.4) is 0 Å². The van der Waals surface area contributed by atoms with Crippen LogP contribution in [0.1, 0.15) is 29.8 Å². The van der Waals surface area contributed by atoms with Crippen LogP contribution in [0.5, 0.6) is 0 Å². The average molecular weight is 191 g/mol. The van der Waals surface area contributed by atoms with Crippen molar-refractivity contribution in [3.8, 4) is 6.07 Å². The van der Waals surface area contributed by atoms with Crippen LogP contribution in [0, 0.1) is 11.3 Å². The molecule has 1 aromatic carbocycles. The van der Waals surface area contributed by atoms with Crippen molar-refractivity contribution in [1.82, 2.24) is 0 Å². The lowest BCUT2D eigenvalue weighted by Gasteiger charge is -1.97. The predicted molar refractivity (Wildman–Crippen MR) is 53.8 cm³/mol. The van der Waals surface area contributed by atoms with E-state index in [1.165, 1.54) is 7.11 Å². The van der Waals surface area contributed by atoms with Crippen LogP contribution >= 0.6 is 0 Å². The summed E-state index contributed by atoms with van der Waals surface area (Å²) < 4.78 is 4.49. The van der Waals surface area contributed by atoms with Crippen LogP contribution in [0.2, 0.25) is 0 Å². The fourth-order valence-corrected chi connectivity index (χ4v) is 0.799. The van der Waals surface area contributed by atoms with Gasteiger partial charge in [-0.25, -0.2) is 4.79 Å². The van der Waals surface area contributed by atoms with E-state index in [1.807, 2.05) is 19.9 Å². The van der Waals surface area contributed by atoms with E-state index in [2.05, 4.69) is 4.74 Å². The molecule has 0 unspecified atom stereocenters. The summed E-state index contributed by atoms with van der Waals surface area (Å²) >= 11 is 0. The molecule has 0 saturated carbocycles. The molecular formula is C11H13NO2. The molecule has 74 valence electrons. The van der Waals surface area contributed by atoms with Crippen LogP contribution < -0.4 is 0 Å². The Labute approximate surface area is 83.9 Å². The van der Waals surface area contributed by atoms with Crippen molar-refractivity contribution in [2.75, 3.05) is 7.11 Å². The Balaban J connectivity index is 0.000000791. The molecule has 1 aromatic rings. The Morgan fingerprint density at radius 1 is 1.29 bits per heavy atom. The molecule has 0 saturated heterocycles. The van der Waals surface area contributed by atoms with Gasteiger partial charge in [0.2, 0.25) is 0 Å². The summed E-state index contributed by atoms with van der Waals surface area (Å²) in [5.41, 5.74) is 0.985. The normalized spacial score (nSPS) is 7.86. The molecule has 0 aromatic heterocycles. The van der Waals surface area contributed by atoms with E-state index in [4.69, 9.17) is 5.26 Å². The molecule has 0 spiro atoms.